The number of aromatic nitrogens is 2. The fourth-order valence-electron chi connectivity index (χ4n) is 2.03. The van der Waals surface area contributed by atoms with E-state index in [4.69, 9.17) is 5.73 Å². The second-order valence-corrected chi connectivity index (χ2v) is 4.40. The molecule has 3 N–H and O–H groups in total. The van der Waals surface area contributed by atoms with E-state index in [0.717, 1.165) is 12.1 Å². The molecule has 1 heterocycles. The van der Waals surface area contributed by atoms with Crippen LogP contribution in [0.25, 0.3) is 22.4 Å². The Morgan fingerprint density at radius 3 is 2.50 bits per heavy atom. The number of nitrogens with zero attached hydrogens (tertiary/aromatic N) is 1. The first kappa shape index (κ1) is 12.5. The van der Waals surface area contributed by atoms with E-state index in [1.54, 1.807) is 24.3 Å². The maximum absolute atomic E-state index is 12.7. The van der Waals surface area contributed by atoms with Gasteiger partial charge < -0.3 is 10.7 Å². The molecule has 0 aliphatic rings. The molecule has 0 fully saturated rings. The van der Waals surface area contributed by atoms with Crippen molar-refractivity contribution in [1.82, 2.24) is 9.97 Å². The average Bonchev–Trinajstić information content (AvgIpc) is 2.80. The van der Waals surface area contributed by atoms with Crippen LogP contribution in [0.2, 0.25) is 0 Å². The Balaban J connectivity index is 2.14. The van der Waals surface area contributed by atoms with E-state index >= 15 is 0 Å². The molecular weight excluding hydrogens is 267 g/mol. The molecule has 0 saturated heterocycles. The molecule has 2 aromatic carbocycles. The van der Waals surface area contributed by atoms with E-state index in [1.165, 1.54) is 6.07 Å². The molecule has 0 aliphatic carbocycles. The molecule has 0 radical (unpaired) electrons. The third-order valence-electron chi connectivity index (χ3n) is 3.03. The number of rotatable bonds is 1. The molecule has 0 atom stereocenters. The first-order valence-corrected chi connectivity index (χ1v) is 5.87. The van der Waals surface area contributed by atoms with Crippen LogP contribution in [0.3, 0.4) is 0 Å². The van der Waals surface area contributed by atoms with Gasteiger partial charge in [0.15, 0.2) is 0 Å². The zero-order valence-electron chi connectivity index (χ0n) is 10.2. The Morgan fingerprint density at radius 1 is 1.05 bits per heavy atom. The SMILES string of the molecule is Nc1ccccc1-c1nc2ccc(C(F)(F)F)cc2[nH]1. The van der Waals surface area contributed by atoms with Crippen molar-refractivity contribution in [2.24, 2.45) is 0 Å². The van der Waals surface area contributed by atoms with Gasteiger partial charge in [-0.15, -0.1) is 0 Å². The van der Waals surface area contributed by atoms with Crippen LogP contribution in [0.5, 0.6) is 0 Å². The van der Waals surface area contributed by atoms with Gasteiger partial charge in [0, 0.05) is 11.3 Å². The molecule has 0 aliphatic heterocycles. The number of benzene rings is 2. The Bertz CT molecular complexity index is 775. The minimum atomic E-state index is -4.37. The lowest BCUT2D eigenvalue weighted by molar-refractivity contribution is -0.137. The van der Waals surface area contributed by atoms with Crippen molar-refractivity contribution in [3.63, 3.8) is 0 Å². The van der Waals surface area contributed by atoms with Crippen molar-refractivity contribution < 1.29 is 13.2 Å². The number of halogens is 3. The average molecular weight is 277 g/mol. The van der Waals surface area contributed by atoms with E-state index in [1.807, 2.05) is 0 Å². The minimum absolute atomic E-state index is 0.332. The minimum Gasteiger partial charge on any atom is -0.398 e. The smallest absolute Gasteiger partial charge is 0.398 e. The van der Waals surface area contributed by atoms with Crippen molar-refractivity contribution in [2.45, 2.75) is 6.18 Å². The number of nitrogens with one attached hydrogen (secondary N) is 1. The fraction of sp³-hybridized carbons (Fsp3) is 0.0714. The number of nitrogen functional groups attached to an aromatic ring is 1. The van der Waals surface area contributed by atoms with Crippen LogP contribution in [0.1, 0.15) is 5.56 Å². The third kappa shape index (κ3) is 2.09. The van der Waals surface area contributed by atoms with Crippen LogP contribution in [-0.4, -0.2) is 9.97 Å². The van der Waals surface area contributed by atoms with Gasteiger partial charge in [-0.2, -0.15) is 13.2 Å². The van der Waals surface area contributed by atoms with E-state index in [0.29, 0.717) is 28.1 Å². The van der Waals surface area contributed by atoms with Crippen LogP contribution >= 0.6 is 0 Å². The van der Waals surface area contributed by atoms with Gasteiger partial charge in [0.1, 0.15) is 5.82 Å². The number of fused-ring (bicyclic) bond motifs is 1. The summed E-state index contributed by atoms with van der Waals surface area (Å²) >= 11 is 0. The second kappa shape index (κ2) is 4.26. The Hall–Kier alpha value is -2.50. The Kier molecular flexibility index (Phi) is 2.67. The number of hydrogen-bond acceptors (Lipinski definition) is 2. The quantitative estimate of drug-likeness (QED) is 0.664. The number of para-hydroxylation sites is 1. The fourth-order valence-corrected chi connectivity index (χ4v) is 2.03. The lowest BCUT2D eigenvalue weighted by atomic mass is 10.2. The Labute approximate surface area is 112 Å². The predicted molar refractivity (Wildman–Crippen MR) is 70.9 cm³/mol. The monoisotopic (exact) mass is 277 g/mol. The standard InChI is InChI=1S/C14H10F3N3/c15-14(16,17)8-5-6-11-12(7-8)20-13(19-11)9-3-1-2-4-10(9)18/h1-7H,18H2,(H,19,20). The summed E-state index contributed by atoms with van der Waals surface area (Å²) in [4.78, 5) is 7.14. The van der Waals surface area contributed by atoms with Crippen molar-refractivity contribution >= 4 is 16.7 Å². The summed E-state index contributed by atoms with van der Waals surface area (Å²) in [6.07, 6.45) is -4.37. The van der Waals surface area contributed by atoms with Gasteiger partial charge in [0.2, 0.25) is 0 Å². The number of anilines is 1. The zero-order chi connectivity index (χ0) is 14.3. The second-order valence-electron chi connectivity index (χ2n) is 4.40. The number of alkyl halides is 3. The van der Waals surface area contributed by atoms with E-state index in [2.05, 4.69) is 9.97 Å². The van der Waals surface area contributed by atoms with Gasteiger partial charge >= 0.3 is 6.18 Å². The molecule has 3 nitrogen and oxygen atoms in total. The zero-order valence-corrected chi connectivity index (χ0v) is 10.2. The molecule has 0 saturated carbocycles. The summed E-state index contributed by atoms with van der Waals surface area (Å²) in [5.41, 5.74) is 7.11. The van der Waals surface area contributed by atoms with Crippen LogP contribution in [0, 0.1) is 0 Å². The van der Waals surface area contributed by atoms with Gasteiger partial charge in [0.05, 0.1) is 16.6 Å². The largest absolute Gasteiger partial charge is 0.416 e. The topological polar surface area (TPSA) is 54.7 Å². The summed E-state index contributed by atoms with van der Waals surface area (Å²) in [6, 6.07) is 10.5. The van der Waals surface area contributed by atoms with E-state index in [-0.39, 0.29) is 0 Å². The number of hydrogen-bond donors (Lipinski definition) is 2. The predicted octanol–water partition coefficient (Wildman–Crippen LogP) is 3.83. The summed E-state index contributed by atoms with van der Waals surface area (Å²) in [5.74, 6) is 0.456. The van der Waals surface area contributed by atoms with Crippen molar-refractivity contribution in [2.75, 3.05) is 5.73 Å². The molecule has 102 valence electrons. The molecular formula is C14H10F3N3. The first-order chi connectivity index (χ1) is 9.45. The van der Waals surface area contributed by atoms with Crippen LogP contribution in [0.15, 0.2) is 42.5 Å². The van der Waals surface area contributed by atoms with Crippen LogP contribution in [-0.2, 0) is 6.18 Å². The normalized spacial score (nSPS) is 11.9. The summed E-state index contributed by atoms with van der Waals surface area (Å²) in [6.45, 7) is 0. The highest BCUT2D eigenvalue weighted by molar-refractivity contribution is 5.82. The maximum Gasteiger partial charge on any atom is 0.416 e. The van der Waals surface area contributed by atoms with Crippen molar-refractivity contribution in [3.8, 4) is 11.4 Å². The lowest BCUT2D eigenvalue weighted by Gasteiger charge is -2.05. The summed E-state index contributed by atoms with van der Waals surface area (Å²) in [7, 11) is 0. The van der Waals surface area contributed by atoms with Crippen molar-refractivity contribution in [1.29, 1.82) is 0 Å². The molecule has 6 heteroatoms. The van der Waals surface area contributed by atoms with Crippen LogP contribution < -0.4 is 5.73 Å². The molecule has 0 bridgehead atoms. The molecule has 3 aromatic rings. The molecule has 3 rings (SSSR count). The molecule has 0 unspecified atom stereocenters. The number of aromatic amines is 1. The first-order valence-electron chi connectivity index (χ1n) is 5.87. The van der Waals surface area contributed by atoms with Crippen LogP contribution in [0.4, 0.5) is 18.9 Å². The van der Waals surface area contributed by atoms with Gasteiger partial charge in [-0.25, -0.2) is 4.98 Å². The number of imidazole rings is 1. The Morgan fingerprint density at radius 2 is 1.80 bits per heavy atom. The maximum atomic E-state index is 12.7. The van der Waals surface area contributed by atoms with Gasteiger partial charge in [-0.3, -0.25) is 0 Å². The van der Waals surface area contributed by atoms with Gasteiger partial charge in [0.25, 0.3) is 0 Å². The number of H-pyrrole nitrogens is 1. The summed E-state index contributed by atoms with van der Waals surface area (Å²) < 4.78 is 38.0. The van der Waals surface area contributed by atoms with E-state index < -0.39 is 11.7 Å². The third-order valence-corrected chi connectivity index (χ3v) is 3.03. The van der Waals surface area contributed by atoms with Crippen molar-refractivity contribution in [3.05, 3.63) is 48.0 Å². The highest BCUT2D eigenvalue weighted by atomic mass is 19.4. The van der Waals surface area contributed by atoms with Gasteiger partial charge in [-0.1, -0.05) is 12.1 Å². The summed E-state index contributed by atoms with van der Waals surface area (Å²) in [5, 5.41) is 0. The molecule has 20 heavy (non-hydrogen) atoms. The molecule has 0 amide bonds. The molecule has 1 aromatic heterocycles. The highest BCUT2D eigenvalue weighted by Crippen LogP contribution is 2.32. The lowest BCUT2D eigenvalue weighted by Crippen LogP contribution is -2.04. The number of nitrogens with two attached hydrogens (primary N) is 1. The van der Waals surface area contributed by atoms with E-state index in [9.17, 15) is 13.2 Å². The van der Waals surface area contributed by atoms with Gasteiger partial charge in [-0.05, 0) is 30.3 Å². The molecule has 0 spiro atoms. The highest BCUT2D eigenvalue weighted by Gasteiger charge is 2.30.